The van der Waals surface area contributed by atoms with Crippen LogP contribution in [-0.2, 0) is 20.9 Å². The van der Waals surface area contributed by atoms with Gasteiger partial charge >= 0.3 is 148 Å². The van der Waals surface area contributed by atoms with E-state index in [2.05, 4.69) is 20.0 Å². The van der Waals surface area contributed by atoms with Gasteiger partial charge in [0.1, 0.15) is 0 Å². The topological polar surface area (TPSA) is 97.7 Å². The van der Waals surface area contributed by atoms with E-state index in [4.69, 9.17) is 4.74 Å². The van der Waals surface area contributed by atoms with Gasteiger partial charge in [0.2, 0.25) is 0 Å². The molecule has 0 atom stereocenters. The van der Waals surface area contributed by atoms with Crippen molar-refractivity contribution in [1.29, 1.82) is 0 Å². The standard InChI is InChI=1S/C22H20F6N4O4S/c1-20(6-9-37(34)10-7-20)31-18(33)16-17(22(26,27)28)32-11-13(4-5-15(32)30-16)36-19-14(3-2-8-29-19)35-12-21(23,24)25/h2-5,8,11H,6-7,9-10,12H2,1H3,(H,31,33). The third-order valence-corrected chi connectivity index (χ3v) is 6.91. The predicted octanol–water partition coefficient (Wildman–Crippen LogP) is 4.73. The fraction of sp³-hybridized carbons (Fsp3) is 0.409. The maximum atomic E-state index is 14.1. The molecule has 1 N–H and O–H groups in total. The first-order chi connectivity index (χ1) is 17.2. The molecule has 15 heteroatoms. The van der Waals surface area contributed by atoms with E-state index in [1.54, 1.807) is 6.92 Å². The second-order valence-electron chi connectivity index (χ2n) is 8.58. The average Bonchev–Trinajstić information content (AvgIpc) is 3.20. The fourth-order valence-electron chi connectivity index (χ4n) is 3.71. The Balaban J connectivity index is 1.66. The number of fused-ring (bicyclic) bond motifs is 1. The van der Waals surface area contributed by atoms with Gasteiger partial charge in [-0.05, 0) is 12.1 Å². The number of amides is 1. The number of hydrogen-bond acceptors (Lipinski definition) is 6. The Hall–Kier alpha value is -3.20. The van der Waals surface area contributed by atoms with Crippen molar-refractivity contribution in [1.82, 2.24) is 19.7 Å². The van der Waals surface area contributed by atoms with Gasteiger partial charge in [0.05, 0.1) is 0 Å². The van der Waals surface area contributed by atoms with Crippen molar-refractivity contribution in [2.24, 2.45) is 0 Å². The average molecular weight is 550 g/mol. The Morgan fingerprint density at radius 3 is 2.54 bits per heavy atom. The SMILES string of the molecule is CC1(NC(=O)c2nc3ccc(Oc4ncccc4OCC(F)(F)F)cn3c2C(F)(F)F)CC[S-](#[O+])CC1. The molecule has 0 unspecified atom stereocenters. The van der Waals surface area contributed by atoms with Gasteiger partial charge in [0.25, 0.3) is 5.88 Å². The molecule has 3 aromatic rings. The number of nitrogens with zero attached hydrogens (tertiary/aromatic N) is 3. The van der Waals surface area contributed by atoms with Crippen molar-refractivity contribution in [3.05, 3.63) is 48.0 Å². The van der Waals surface area contributed by atoms with Crippen LogP contribution in [0.5, 0.6) is 17.4 Å². The summed E-state index contributed by atoms with van der Waals surface area (Å²) >= 11 is 0. The van der Waals surface area contributed by atoms with E-state index in [0.717, 1.165) is 18.3 Å². The molecule has 0 radical (unpaired) electrons. The molecule has 4 heterocycles. The van der Waals surface area contributed by atoms with Crippen molar-refractivity contribution in [3.8, 4) is 17.4 Å². The van der Waals surface area contributed by atoms with Crippen LogP contribution in [-0.4, -0.2) is 50.1 Å². The summed E-state index contributed by atoms with van der Waals surface area (Å²) in [5.41, 5.74) is -3.27. The van der Waals surface area contributed by atoms with Gasteiger partial charge in [-0.15, -0.1) is 0 Å². The van der Waals surface area contributed by atoms with Gasteiger partial charge < -0.3 is 4.74 Å². The summed E-state index contributed by atoms with van der Waals surface area (Å²) in [5.74, 6) is -1.40. The Morgan fingerprint density at radius 1 is 1.19 bits per heavy atom. The number of rotatable bonds is 6. The Kier molecular flexibility index (Phi) is 7.21. The van der Waals surface area contributed by atoms with Gasteiger partial charge in [0, 0.05) is 6.20 Å². The van der Waals surface area contributed by atoms with Crippen molar-refractivity contribution in [2.45, 2.75) is 37.7 Å². The van der Waals surface area contributed by atoms with E-state index in [0.29, 0.717) is 28.7 Å². The molecule has 1 aliphatic heterocycles. The minimum atomic E-state index is -4.99. The molecule has 4 rings (SSSR count). The predicted molar refractivity (Wildman–Crippen MR) is 119 cm³/mol. The summed E-state index contributed by atoms with van der Waals surface area (Å²) in [6, 6.07) is 4.85. The molecule has 37 heavy (non-hydrogen) atoms. The number of halogens is 6. The zero-order chi connectivity index (χ0) is 27.0. The minimum absolute atomic E-state index is 0.214. The van der Waals surface area contributed by atoms with Crippen LogP contribution < -0.4 is 14.8 Å². The fourth-order valence-corrected chi connectivity index (χ4v) is 5.27. The van der Waals surface area contributed by atoms with Crippen molar-refractivity contribution < 1.29 is 44.7 Å². The van der Waals surface area contributed by atoms with Crippen molar-refractivity contribution in [3.63, 3.8) is 0 Å². The zero-order valence-electron chi connectivity index (χ0n) is 19.2. The molecule has 0 bridgehead atoms. The van der Waals surface area contributed by atoms with Gasteiger partial charge in [0.15, 0.2) is 12.4 Å². The number of nitrogens with one attached hydrogen (secondary N) is 1. The van der Waals surface area contributed by atoms with Crippen LogP contribution >= 0.6 is 0 Å². The molecule has 3 aromatic heterocycles. The van der Waals surface area contributed by atoms with Gasteiger partial charge in [-0.2, -0.15) is 13.2 Å². The number of carbonyl (C=O) groups excluding carboxylic acids is 1. The number of hydrogen-bond donors (Lipinski definition) is 1. The van der Waals surface area contributed by atoms with E-state index in [1.165, 1.54) is 18.3 Å². The van der Waals surface area contributed by atoms with Gasteiger partial charge in [-0.1, -0.05) is 0 Å². The van der Waals surface area contributed by atoms with Crippen LogP contribution in [0.1, 0.15) is 35.9 Å². The Labute approximate surface area is 208 Å². The number of imidazole rings is 1. The first-order valence-electron chi connectivity index (χ1n) is 10.8. The van der Waals surface area contributed by atoms with Crippen LogP contribution in [0.4, 0.5) is 26.3 Å². The number of ether oxygens (including phenoxy) is 2. The van der Waals surface area contributed by atoms with Crippen LogP contribution in [0.3, 0.4) is 0 Å². The first-order valence-corrected chi connectivity index (χ1v) is 12.3. The number of alkyl halides is 6. The second-order valence-corrected chi connectivity index (χ2v) is 10.3. The number of carbonyl (C=O) groups is 1. The molecule has 0 spiro atoms. The number of pyridine rings is 2. The summed E-state index contributed by atoms with van der Waals surface area (Å²) < 4.78 is 102. The molecule has 200 valence electrons. The van der Waals surface area contributed by atoms with Crippen LogP contribution in [0.2, 0.25) is 0 Å². The van der Waals surface area contributed by atoms with Crippen molar-refractivity contribution >= 4 is 22.2 Å². The second kappa shape index (κ2) is 9.93. The summed E-state index contributed by atoms with van der Waals surface area (Å²) in [6.07, 6.45) is -6.85. The summed E-state index contributed by atoms with van der Waals surface area (Å²) in [4.78, 5) is 20.6. The monoisotopic (exact) mass is 550 g/mol. The summed E-state index contributed by atoms with van der Waals surface area (Å²) in [7, 11) is -1.04. The molecule has 0 aliphatic carbocycles. The molecule has 1 fully saturated rings. The van der Waals surface area contributed by atoms with E-state index >= 15 is 0 Å². The van der Waals surface area contributed by atoms with Gasteiger partial charge in [-0.25, -0.2) is 4.98 Å². The molecule has 1 aliphatic rings. The van der Waals surface area contributed by atoms with Crippen molar-refractivity contribution in [2.75, 3.05) is 18.1 Å². The van der Waals surface area contributed by atoms with Crippen LogP contribution in [0, 0.1) is 0 Å². The third kappa shape index (κ3) is 6.39. The quantitative estimate of drug-likeness (QED) is 0.272. The molecular weight excluding hydrogens is 530 g/mol. The Morgan fingerprint density at radius 2 is 1.89 bits per heavy atom. The molecule has 1 amide bonds. The summed E-state index contributed by atoms with van der Waals surface area (Å²) in [5, 5.41) is 2.59. The van der Waals surface area contributed by atoms with Crippen LogP contribution in [0.25, 0.3) is 5.65 Å². The van der Waals surface area contributed by atoms with E-state index in [1.807, 2.05) is 0 Å². The van der Waals surface area contributed by atoms with E-state index in [9.17, 15) is 35.2 Å². The Bertz CT molecular complexity index is 1380. The molecular formula is C22H20F6N4O4S. The summed E-state index contributed by atoms with van der Waals surface area (Å²) in [6.45, 7) is 0.0443. The van der Waals surface area contributed by atoms with E-state index < -0.39 is 58.3 Å². The molecule has 0 aromatic carbocycles. The molecule has 8 nitrogen and oxygen atoms in total. The molecule has 1 saturated heterocycles. The normalized spacial score (nSPS) is 16.5. The maximum absolute atomic E-state index is 14.1. The van der Waals surface area contributed by atoms with E-state index in [-0.39, 0.29) is 17.1 Å². The zero-order valence-corrected chi connectivity index (χ0v) is 20.0. The third-order valence-electron chi connectivity index (χ3n) is 5.60. The molecule has 0 saturated carbocycles. The van der Waals surface area contributed by atoms with Gasteiger partial charge in [-0.3, -0.25) is 0 Å². The van der Waals surface area contributed by atoms with Crippen LogP contribution in [0.15, 0.2) is 36.7 Å². The number of aromatic nitrogens is 3. The first kappa shape index (κ1) is 26.9.